The zero-order valence-electron chi connectivity index (χ0n) is 13.2. The number of hydrogen-bond acceptors (Lipinski definition) is 4. The molecule has 0 bridgehead atoms. The van der Waals surface area contributed by atoms with Crippen molar-refractivity contribution in [3.05, 3.63) is 41.8 Å². The van der Waals surface area contributed by atoms with E-state index in [4.69, 9.17) is 9.52 Å². The molecule has 6 nitrogen and oxygen atoms in total. The van der Waals surface area contributed by atoms with Crippen LogP contribution in [0, 0.1) is 6.92 Å². The van der Waals surface area contributed by atoms with Gasteiger partial charge in [0.05, 0.1) is 12.1 Å². The zero-order valence-corrected chi connectivity index (χ0v) is 13.2. The molecule has 1 amide bonds. The van der Waals surface area contributed by atoms with Gasteiger partial charge < -0.3 is 14.8 Å². The second-order valence-electron chi connectivity index (χ2n) is 5.47. The van der Waals surface area contributed by atoms with E-state index in [1.165, 1.54) is 0 Å². The second kappa shape index (κ2) is 7.58. The van der Waals surface area contributed by atoms with E-state index in [0.29, 0.717) is 23.8 Å². The van der Waals surface area contributed by atoms with Gasteiger partial charge in [-0.2, -0.15) is 0 Å². The maximum absolute atomic E-state index is 12.0. The van der Waals surface area contributed by atoms with Crippen molar-refractivity contribution in [1.82, 2.24) is 10.3 Å². The van der Waals surface area contributed by atoms with Crippen molar-refractivity contribution < 1.29 is 19.1 Å². The summed E-state index contributed by atoms with van der Waals surface area (Å²) in [6.07, 6.45) is 0.538. The van der Waals surface area contributed by atoms with Gasteiger partial charge in [0, 0.05) is 18.0 Å². The fraction of sp³-hybridized carbons (Fsp3) is 0.353. The Kier molecular flexibility index (Phi) is 5.51. The Bertz CT molecular complexity index is 679. The lowest BCUT2D eigenvalue weighted by atomic mass is 10.1. The molecule has 1 aromatic carbocycles. The molecular formula is C17H20N2O4. The molecule has 23 heavy (non-hydrogen) atoms. The summed E-state index contributed by atoms with van der Waals surface area (Å²) in [6.45, 7) is 3.56. The minimum absolute atomic E-state index is 0.0303. The average Bonchev–Trinajstić information content (AvgIpc) is 2.87. The van der Waals surface area contributed by atoms with Gasteiger partial charge in [-0.3, -0.25) is 9.59 Å². The second-order valence-corrected chi connectivity index (χ2v) is 5.47. The number of aliphatic carboxylic acids is 1. The molecule has 0 saturated carbocycles. The van der Waals surface area contributed by atoms with Gasteiger partial charge in [0.15, 0.2) is 0 Å². The first-order chi connectivity index (χ1) is 11.0. The van der Waals surface area contributed by atoms with Crippen LogP contribution in [-0.2, 0) is 16.0 Å². The fourth-order valence-electron chi connectivity index (χ4n) is 2.19. The molecule has 1 heterocycles. The molecule has 2 N–H and O–H groups in total. The van der Waals surface area contributed by atoms with Crippen LogP contribution in [0.4, 0.5) is 0 Å². The van der Waals surface area contributed by atoms with E-state index in [0.717, 1.165) is 5.56 Å². The number of hydrogen-bond donors (Lipinski definition) is 2. The largest absolute Gasteiger partial charge is 0.481 e. The molecule has 2 aromatic rings. The Morgan fingerprint density at radius 1 is 1.30 bits per heavy atom. The molecule has 0 saturated heterocycles. The van der Waals surface area contributed by atoms with Crippen LogP contribution in [0.2, 0.25) is 0 Å². The third kappa shape index (κ3) is 4.95. The van der Waals surface area contributed by atoms with Gasteiger partial charge in [-0.1, -0.05) is 18.2 Å². The van der Waals surface area contributed by atoms with Crippen LogP contribution in [0.25, 0.3) is 11.5 Å². The Labute approximate surface area is 134 Å². The van der Waals surface area contributed by atoms with Crippen molar-refractivity contribution in [2.24, 2.45) is 0 Å². The number of carbonyl (C=O) groups excluding carboxylic acids is 1. The quantitative estimate of drug-likeness (QED) is 0.819. The molecule has 2 rings (SSSR count). The molecule has 0 spiro atoms. The average molecular weight is 316 g/mol. The van der Waals surface area contributed by atoms with E-state index in [2.05, 4.69) is 10.3 Å². The molecule has 1 unspecified atom stereocenters. The van der Waals surface area contributed by atoms with Crippen molar-refractivity contribution in [3.63, 3.8) is 0 Å². The van der Waals surface area contributed by atoms with Crippen LogP contribution in [-0.4, -0.2) is 28.0 Å². The number of carbonyl (C=O) groups is 2. The Morgan fingerprint density at radius 3 is 2.65 bits per heavy atom. The number of benzene rings is 1. The fourth-order valence-corrected chi connectivity index (χ4v) is 2.19. The van der Waals surface area contributed by atoms with Crippen LogP contribution in [0.15, 0.2) is 34.7 Å². The number of rotatable bonds is 7. The highest BCUT2D eigenvalue weighted by molar-refractivity contribution is 5.78. The third-order valence-electron chi connectivity index (χ3n) is 3.44. The SMILES string of the molecule is Cc1oc(-c2ccccc2)nc1CC(=O)NC(C)CCC(=O)O. The smallest absolute Gasteiger partial charge is 0.303 e. The molecule has 122 valence electrons. The van der Waals surface area contributed by atoms with E-state index < -0.39 is 5.97 Å². The van der Waals surface area contributed by atoms with Gasteiger partial charge >= 0.3 is 5.97 Å². The summed E-state index contributed by atoms with van der Waals surface area (Å²) in [6, 6.07) is 9.29. The number of aryl methyl sites for hydroxylation is 1. The number of carboxylic acids is 1. The summed E-state index contributed by atoms with van der Waals surface area (Å²) < 4.78 is 5.62. The Hall–Kier alpha value is -2.63. The number of nitrogens with zero attached hydrogens (tertiary/aromatic N) is 1. The first-order valence-corrected chi connectivity index (χ1v) is 7.48. The lowest BCUT2D eigenvalue weighted by Gasteiger charge is -2.12. The van der Waals surface area contributed by atoms with Gasteiger partial charge in [0.2, 0.25) is 11.8 Å². The molecule has 0 radical (unpaired) electrons. The van der Waals surface area contributed by atoms with Gasteiger partial charge in [0.1, 0.15) is 5.76 Å². The lowest BCUT2D eigenvalue weighted by Crippen LogP contribution is -2.34. The Morgan fingerprint density at radius 2 is 2.00 bits per heavy atom. The first kappa shape index (κ1) is 16.7. The molecule has 6 heteroatoms. The highest BCUT2D eigenvalue weighted by Gasteiger charge is 2.16. The topological polar surface area (TPSA) is 92.4 Å². The van der Waals surface area contributed by atoms with Crippen molar-refractivity contribution in [2.75, 3.05) is 0 Å². The van der Waals surface area contributed by atoms with Crippen molar-refractivity contribution in [1.29, 1.82) is 0 Å². The summed E-state index contributed by atoms with van der Waals surface area (Å²) in [5.74, 6) is 0.0341. The number of carboxylic acid groups (broad SMARTS) is 1. The highest BCUT2D eigenvalue weighted by Crippen LogP contribution is 2.21. The molecule has 0 aliphatic carbocycles. The van der Waals surface area contributed by atoms with E-state index in [9.17, 15) is 9.59 Å². The summed E-state index contributed by atoms with van der Waals surface area (Å²) in [5, 5.41) is 11.4. The number of nitrogens with one attached hydrogen (secondary N) is 1. The molecule has 0 fully saturated rings. The standard InChI is InChI=1S/C17H20N2O4/c1-11(8-9-16(21)22)18-15(20)10-14-12(2)23-17(19-14)13-6-4-3-5-7-13/h3-7,11H,8-10H2,1-2H3,(H,18,20)(H,21,22). The Balaban J connectivity index is 1.96. The molecule has 1 atom stereocenters. The third-order valence-corrected chi connectivity index (χ3v) is 3.44. The maximum Gasteiger partial charge on any atom is 0.303 e. The number of aromatic nitrogens is 1. The van der Waals surface area contributed by atoms with Crippen LogP contribution < -0.4 is 5.32 Å². The molecule has 0 aliphatic heterocycles. The summed E-state index contributed by atoms with van der Waals surface area (Å²) >= 11 is 0. The zero-order chi connectivity index (χ0) is 16.8. The van der Waals surface area contributed by atoms with Gasteiger partial charge in [0.25, 0.3) is 0 Å². The first-order valence-electron chi connectivity index (χ1n) is 7.48. The predicted octanol–water partition coefficient (Wildman–Crippen LogP) is 2.56. The molecule has 0 aliphatic rings. The van der Waals surface area contributed by atoms with Gasteiger partial charge in [-0.15, -0.1) is 0 Å². The van der Waals surface area contributed by atoms with E-state index in [1.807, 2.05) is 30.3 Å². The van der Waals surface area contributed by atoms with Crippen LogP contribution >= 0.6 is 0 Å². The van der Waals surface area contributed by atoms with Gasteiger partial charge in [-0.25, -0.2) is 4.98 Å². The minimum Gasteiger partial charge on any atom is -0.481 e. The van der Waals surface area contributed by atoms with Crippen LogP contribution in [0.3, 0.4) is 0 Å². The molecule has 1 aromatic heterocycles. The normalized spacial score (nSPS) is 11.9. The monoisotopic (exact) mass is 316 g/mol. The number of oxazole rings is 1. The number of amides is 1. The van der Waals surface area contributed by atoms with Crippen LogP contribution in [0.5, 0.6) is 0 Å². The summed E-state index contributed by atoms with van der Waals surface area (Å²) in [4.78, 5) is 26.9. The van der Waals surface area contributed by atoms with E-state index in [-0.39, 0.29) is 24.8 Å². The van der Waals surface area contributed by atoms with Crippen molar-refractivity contribution in [3.8, 4) is 11.5 Å². The predicted molar refractivity (Wildman–Crippen MR) is 84.9 cm³/mol. The van der Waals surface area contributed by atoms with Crippen LogP contribution in [0.1, 0.15) is 31.2 Å². The summed E-state index contributed by atoms with van der Waals surface area (Å²) in [7, 11) is 0. The maximum atomic E-state index is 12.0. The van der Waals surface area contributed by atoms with Crippen molar-refractivity contribution >= 4 is 11.9 Å². The lowest BCUT2D eigenvalue weighted by molar-refractivity contribution is -0.137. The van der Waals surface area contributed by atoms with E-state index in [1.54, 1.807) is 13.8 Å². The van der Waals surface area contributed by atoms with E-state index >= 15 is 0 Å². The van der Waals surface area contributed by atoms with Crippen molar-refractivity contribution in [2.45, 2.75) is 39.2 Å². The minimum atomic E-state index is -0.869. The molecular weight excluding hydrogens is 296 g/mol. The highest BCUT2D eigenvalue weighted by atomic mass is 16.4. The van der Waals surface area contributed by atoms with Gasteiger partial charge in [-0.05, 0) is 32.4 Å². The summed E-state index contributed by atoms with van der Waals surface area (Å²) in [5.41, 5.74) is 1.45.